The van der Waals surface area contributed by atoms with E-state index in [1.165, 1.54) is 28.5 Å². The fraction of sp³-hybridized carbons (Fsp3) is 0.353. The van der Waals surface area contributed by atoms with Gasteiger partial charge in [0.15, 0.2) is 0 Å². The minimum Gasteiger partial charge on any atom is -0.373 e. The van der Waals surface area contributed by atoms with Gasteiger partial charge >= 0.3 is 21.5 Å². The van der Waals surface area contributed by atoms with Gasteiger partial charge in [0.25, 0.3) is 11.6 Å². The highest BCUT2D eigenvalue weighted by Crippen LogP contribution is 2.36. The van der Waals surface area contributed by atoms with Crippen LogP contribution in [0.15, 0.2) is 28.4 Å². The highest BCUT2D eigenvalue weighted by Gasteiger charge is 2.46. The minimum absolute atomic E-state index is 0.0844. The van der Waals surface area contributed by atoms with Crippen LogP contribution in [0, 0.1) is 13.1 Å². The maximum atomic E-state index is 12.9. The molecule has 0 unspecified atom stereocenters. The Hall–Kier alpha value is -3.65. The van der Waals surface area contributed by atoms with Crippen LogP contribution in [0.25, 0.3) is 9.69 Å². The molecule has 1 aromatic heterocycles. The van der Waals surface area contributed by atoms with Crippen molar-refractivity contribution in [1.82, 2.24) is 9.55 Å². The zero-order valence-electron chi connectivity index (χ0n) is 16.6. The lowest BCUT2D eigenvalue weighted by atomic mass is 10.2. The Bertz CT molecular complexity index is 1190. The molecule has 0 saturated carbocycles. The summed E-state index contributed by atoms with van der Waals surface area (Å²) in [5.41, 5.74) is -5.69. The Morgan fingerprint density at radius 3 is 2.32 bits per heavy atom. The predicted octanol–water partition coefficient (Wildman–Crippen LogP) is 5.04. The second-order valence-electron chi connectivity index (χ2n) is 5.97. The van der Waals surface area contributed by atoms with E-state index in [-0.39, 0.29) is 23.3 Å². The molecule has 0 radical (unpaired) electrons. The van der Waals surface area contributed by atoms with Gasteiger partial charge in [-0.3, -0.25) is 4.72 Å². The molecule has 164 valence electrons. The van der Waals surface area contributed by atoms with Crippen molar-refractivity contribution in [2.45, 2.75) is 19.4 Å². The van der Waals surface area contributed by atoms with E-state index in [1.54, 1.807) is 11.0 Å². The quantitative estimate of drug-likeness (QED) is 0.468. The van der Waals surface area contributed by atoms with Gasteiger partial charge in [-0.1, -0.05) is 23.2 Å². The number of hydrogen-bond donors (Lipinski definition) is 1. The standard InChI is InChI=1S/C17H17F3N8O2S/c1-6-28(7-2)11-8-9-12(13(10-11)26-31(29,30)17(18,19)20)24-25-16-23-14(21-3)15(22-4)27(16)5/h8-10,26H,6-7H2,1-2,5H3. The lowest BCUT2D eigenvalue weighted by molar-refractivity contribution is -0.0429. The highest BCUT2D eigenvalue weighted by molar-refractivity contribution is 7.93. The molecule has 0 amide bonds. The summed E-state index contributed by atoms with van der Waals surface area (Å²) in [5, 5.41) is 7.58. The maximum absolute atomic E-state index is 12.9. The first-order chi connectivity index (χ1) is 14.5. The first-order valence-electron chi connectivity index (χ1n) is 8.70. The van der Waals surface area contributed by atoms with Gasteiger partial charge in [-0.05, 0) is 32.0 Å². The van der Waals surface area contributed by atoms with E-state index in [0.717, 1.165) is 0 Å². The third-order valence-corrected chi connectivity index (χ3v) is 5.24. The molecule has 1 aromatic carbocycles. The van der Waals surface area contributed by atoms with E-state index in [2.05, 4.69) is 24.9 Å². The number of halogens is 3. The zero-order valence-corrected chi connectivity index (χ0v) is 17.5. The van der Waals surface area contributed by atoms with Crippen LogP contribution in [0.3, 0.4) is 0 Å². The van der Waals surface area contributed by atoms with E-state index in [1.807, 2.05) is 13.8 Å². The van der Waals surface area contributed by atoms with Gasteiger partial charge in [0.05, 0.1) is 12.7 Å². The average molecular weight is 454 g/mol. The number of alkyl halides is 3. The third-order valence-electron chi connectivity index (χ3n) is 4.14. The lowest BCUT2D eigenvalue weighted by Gasteiger charge is -2.22. The normalized spacial score (nSPS) is 11.9. The Morgan fingerprint density at radius 1 is 1.19 bits per heavy atom. The zero-order chi connectivity index (χ0) is 23.4. The van der Waals surface area contributed by atoms with Gasteiger partial charge in [0.2, 0.25) is 0 Å². The number of nitrogens with one attached hydrogen (secondary N) is 1. The molecule has 0 saturated heterocycles. The summed E-state index contributed by atoms with van der Waals surface area (Å²) < 4.78 is 64.6. The lowest BCUT2D eigenvalue weighted by Crippen LogP contribution is -2.30. The van der Waals surface area contributed by atoms with Gasteiger partial charge in [-0.25, -0.2) is 4.57 Å². The van der Waals surface area contributed by atoms with E-state index in [4.69, 9.17) is 13.1 Å². The number of aromatic nitrogens is 2. The molecule has 0 bridgehead atoms. The smallest absolute Gasteiger partial charge is 0.373 e. The number of hydrogen-bond acceptors (Lipinski definition) is 6. The summed E-state index contributed by atoms with van der Waals surface area (Å²) in [7, 11) is -4.28. The molecular weight excluding hydrogens is 437 g/mol. The Balaban J connectivity index is 2.57. The number of imidazole rings is 1. The van der Waals surface area contributed by atoms with Crippen molar-refractivity contribution in [3.8, 4) is 0 Å². The molecule has 0 aliphatic heterocycles. The largest absolute Gasteiger partial charge is 0.516 e. The van der Waals surface area contributed by atoms with Crippen LogP contribution in [-0.2, 0) is 17.1 Å². The van der Waals surface area contributed by atoms with Crippen molar-refractivity contribution in [3.05, 3.63) is 41.0 Å². The molecule has 0 atom stereocenters. The Kier molecular flexibility index (Phi) is 6.87. The third kappa shape index (κ3) is 4.92. The van der Waals surface area contributed by atoms with Crippen LogP contribution in [0.5, 0.6) is 0 Å². The van der Waals surface area contributed by atoms with Crippen molar-refractivity contribution < 1.29 is 21.6 Å². The van der Waals surface area contributed by atoms with Crippen molar-refractivity contribution in [2.75, 3.05) is 22.7 Å². The minimum atomic E-state index is -5.70. The highest BCUT2D eigenvalue weighted by atomic mass is 32.2. The van der Waals surface area contributed by atoms with Crippen molar-refractivity contribution in [1.29, 1.82) is 0 Å². The van der Waals surface area contributed by atoms with E-state index >= 15 is 0 Å². The topological polar surface area (TPSA) is 101 Å². The SMILES string of the molecule is [C-]#[N+]c1nc(N=Nc2ccc(N(CC)CC)cc2NS(=O)(=O)C(F)(F)F)n(C)c1[N+]#[C-]. The van der Waals surface area contributed by atoms with Crippen molar-refractivity contribution >= 4 is 44.7 Å². The van der Waals surface area contributed by atoms with Crippen LogP contribution in [0.4, 0.5) is 47.8 Å². The molecule has 0 aliphatic rings. The van der Waals surface area contributed by atoms with Gasteiger partial charge in [0.1, 0.15) is 5.69 Å². The predicted molar refractivity (Wildman–Crippen MR) is 109 cm³/mol. The molecular formula is C17H17F3N8O2S. The van der Waals surface area contributed by atoms with Gasteiger partial charge in [-0.2, -0.15) is 21.6 Å². The van der Waals surface area contributed by atoms with Crippen LogP contribution in [-0.4, -0.2) is 36.6 Å². The van der Waals surface area contributed by atoms with Crippen molar-refractivity contribution in [3.63, 3.8) is 0 Å². The molecule has 10 nitrogen and oxygen atoms in total. The Labute approximate surface area is 176 Å². The van der Waals surface area contributed by atoms with Crippen molar-refractivity contribution in [2.24, 2.45) is 17.3 Å². The number of rotatable bonds is 7. The molecule has 0 aliphatic carbocycles. The van der Waals surface area contributed by atoms with Gasteiger partial charge in [0, 0.05) is 18.8 Å². The summed E-state index contributed by atoms with van der Waals surface area (Å²) in [6.45, 7) is 18.9. The number of benzene rings is 1. The Morgan fingerprint density at radius 2 is 1.84 bits per heavy atom. The van der Waals surface area contributed by atoms with E-state index < -0.39 is 21.2 Å². The van der Waals surface area contributed by atoms with Gasteiger partial charge < -0.3 is 14.6 Å². The summed E-state index contributed by atoms with van der Waals surface area (Å²) in [6.07, 6.45) is 0. The van der Waals surface area contributed by atoms with Crippen LogP contribution < -0.4 is 9.62 Å². The molecule has 2 aromatic rings. The number of nitrogens with zero attached hydrogens (tertiary/aromatic N) is 7. The molecule has 1 N–H and O–H groups in total. The summed E-state index contributed by atoms with van der Waals surface area (Å²) >= 11 is 0. The molecule has 0 fully saturated rings. The van der Waals surface area contributed by atoms with Crippen LogP contribution >= 0.6 is 0 Å². The molecule has 1 heterocycles. The second-order valence-corrected chi connectivity index (χ2v) is 7.64. The van der Waals surface area contributed by atoms with E-state index in [0.29, 0.717) is 18.8 Å². The summed E-state index contributed by atoms with van der Waals surface area (Å²) in [6, 6.07) is 4.08. The summed E-state index contributed by atoms with van der Waals surface area (Å²) in [5.74, 6) is -0.436. The monoisotopic (exact) mass is 454 g/mol. The summed E-state index contributed by atoms with van der Waals surface area (Å²) in [4.78, 5) is 11.9. The molecule has 2 rings (SSSR count). The first-order valence-corrected chi connectivity index (χ1v) is 10.2. The molecule has 0 spiro atoms. The van der Waals surface area contributed by atoms with Gasteiger partial charge in [-0.15, -0.1) is 5.11 Å². The first kappa shape index (κ1) is 23.6. The molecule has 31 heavy (non-hydrogen) atoms. The number of anilines is 2. The fourth-order valence-corrected chi connectivity index (χ4v) is 3.10. The van der Waals surface area contributed by atoms with Crippen LogP contribution in [0.1, 0.15) is 13.8 Å². The number of sulfonamides is 1. The second kappa shape index (κ2) is 9.01. The van der Waals surface area contributed by atoms with E-state index in [9.17, 15) is 21.6 Å². The van der Waals surface area contributed by atoms with Crippen LogP contribution in [0.2, 0.25) is 0 Å². The average Bonchev–Trinajstić information content (AvgIpc) is 3.01. The number of azo groups is 1. The molecule has 14 heteroatoms. The maximum Gasteiger partial charge on any atom is 0.516 e. The fourth-order valence-electron chi connectivity index (χ4n) is 2.53.